The van der Waals surface area contributed by atoms with Gasteiger partial charge in [-0.1, -0.05) is 0 Å². The van der Waals surface area contributed by atoms with Crippen LogP contribution in [0.5, 0.6) is 0 Å². The van der Waals surface area contributed by atoms with Crippen molar-refractivity contribution < 1.29 is 9.50 Å². The molecule has 0 saturated heterocycles. The smallest absolute Gasteiger partial charge is 0.223 e. The summed E-state index contributed by atoms with van der Waals surface area (Å²) in [6.45, 7) is 0. The van der Waals surface area contributed by atoms with Crippen molar-refractivity contribution in [3.05, 3.63) is 18.2 Å². The Morgan fingerprint density at radius 2 is 1.95 bits per heavy atom. The van der Waals surface area contributed by atoms with Gasteiger partial charge >= 0.3 is 0 Å². The minimum atomic E-state index is -0.515. The van der Waals surface area contributed by atoms with E-state index in [0.29, 0.717) is 11.3 Å². The Bertz CT molecular complexity index is 627. The lowest BCUT2D eigenvalue weighted by Crippen LogP contribution is -2.28. The van der Waals surface area contributed by atoms with Crippen molar-refractivity contribution in [3.63, 3.8) is 0 Å². The van der Waals surface area contributed by atoms with Crippen LogP contribution >= 0.6 is 0 Å². The van der Waals surface area contributed by atoms with Crippen LogP contribution in [0.1, 0.15) is 25.7 Å². The van der Waals surface area contributed by atoms with Crippen molar-refractivity contribution in [1.82, 2.24) is 15.0 Å². The number of fused-ring (bicyclic) bond motifs is 1. The normalized spacial score (nSPS) is 22.9. The summed E-state index contributed by atoms with van der Waals surface area (Å²) in [5.74, 6) is 0.0795. The molecule has 0 aromatic carbocycles. The van der Waals surface area contributed by atoms with Crippen molar-refractivity contribution in [2.75, 3.05) is 11.1 Å². The van der Waals surface area contributed by atoms with Gasteiger partial charge < -0.3 is 16.2 Å². The highest BCUT2D eigenvalue weighted by atomic mass is 19.1. The third-order valence-corrected chi connectivity index (χ3v) is 3.64. The quantitative estimate of drug-likeness (QED) is 0.769. The van der Waals surface area contributed by atoms with E-state index in [0.717, 1.165) is 31.9 Å². The summed E-state index contributed by atoms with van der Waals surface area (Å²) in [5.41, 5.74) is 5.84. The molecule has 0 aliphatic heterocycles. The molecule has 1 aliphatic rings. The van der Waals surface area contributed by atoms with E-state index in [1.165, 1.54) is 6.20 Å². The van der Waals surface area contributed by atoms with Gasteiger partial charge in [0.2, 0.25) is 5.95 Å². The van der Waals surface area contributed by atoms with E-state index < -0.39 is 5.82 Å². The molecule has 0 spiro atoms. The number of anilines is 2. The van der Waals surface area contributed by atoms with E-state index in [1.54, 1.807) is 0 Å². The second-order valence-electron chi connectivity index (χ2n) is 5.10. The molecule has 0 amide bonds. The predicted octanol–water partition coefficient (Wildman–Crippen LogP) is 1.46. The van der Waals surface area contributed by atoms with Crippen LogP contribution in [0.25, 0.3) is 10.9 Å². The van der Waals surface area contributed by atoms with Crippen LogP contribution in [0.2, 0.25) is 0 Å². The molecular weight excluding hydrogens is 261 g/mol. The number of aliphatic hydroxyl groups excluding tert-OH is 1. The number of hydrogen-bond donors (Lipinski definition) is 3. The number of nitrogen functional groups attached to an aromatic ring is 1. The van der Waals surface area contributed by atoms with Crippen molar-refractivity contribution in [3.8, 4) is 0 Å². The maximum absolute atomic E-state index is 13.7. The van der Waals surface area contributed by atoms with Gasteiger partial charge in [-0.05, 0) is 25.7 Å². The second kappa shape index (κ2) is 5.16. The first-order valence-corrected chi connectivity index (χ1v) is 6.65. The van der Waals surface area contributed by atoms with Crippen LogP contribution in [-0.4, -0.2) is 32.2 Å². The zero-order valence-corrected chi connectivity index (χ0v) is 10.9. The van der Waals surface area contributed by atoms with Crippen molar-refractivity contribution in [2.24, 2.45) is 0 Å². The number of halogens is 1. The van der Waals surface area contributed by atoms with Gasteiger partial charge in [0.25, 0.3) is 0 Å². The summed E-state index contributed by atoms with van der Waals surface area (Å²) in [4.78, 5) is 12.1. The summed E-state index contributed by atoms with van der Waals surface area (Å²) in [6, 6.07) is 0.207. The Labute approximate surface area is 115 Å². The van der Waals surface area contributed by atoms with Gasteiger partial charge in [-0.3, -0.25) is 0 Å². The first-order valence-electron chi connectivity index (χ1n) is 6.65. The molecule has 3 rings (SSSR count). The fraction of sp³-hybridized carbons (Fsp3) is 0.462. The number of nitrogens with one attached hydrogen (secondary N) is 1. The lowest BCUT2D eigenvalue weighted by molar-refractivity contribution is 0.126. The van der Waals surface area contributed by atoms with Crippen LogP contribution in [0.15, 0.2) is 12.4 Å². The van der Waals surface area contributed by atoms with E-state index in [-0.39, 0.29) is 23.5 Å². The molecule has 106 valence electrons. The van der Waals surface area contributed by atoms with E-state index in [9.17, 15) is 9.50 Å². The van der Waals surface area contributed by atoms with E-state index in [1.807, 2.05) is 0 Å². The maximum atomic E-state index is 13.7. The molecule has 7 heteroatoms. The molecule has 0 radical (unpaired) electrons. The molecule has 1 saturated carbocycles. The summed E-state index contributed by atoms with van der Waals surface area (Å²) >= 11 is 0. The van der Waals surface area contributed by atoms with Crippen molar-refractivity contribution >= 4 is 22.7 Å². The van der Waals surface area contributed by atoms with Gasteiger partial charge in [-0.25, -0.2) is 19.3 Å². The molecule has 2 aromatic heterocycles. The Morgan fingerprint density at radius 1 is 1.20 bits per heavy atom. The Kier molecular flexibility index (Phi) is 3.35. The molecule has 2 aromatic rings. The summed E-state index contributed by atoms with van der Waals surface area (Å²) in [5, 5.41) is 13.1. The molecular formula is C13H16FN5O. The second-order valence-corrected chi connectivity index (χ2v) is 5.10. The maximum Gasteiger partial charge on any atom is 0.223 e. The SMILES string of the molecule is Nc1ncc(F)c2nc(NC3CCC(O)CC3)ncc12. The molecule has 1 aliphatic carbocycles. The molecule has 1 fully saturated rings. The number of rotatable bonds is 2. The zero-order chi connectivity index (χ0) is 14.1. The molecule has 6 nitrogen and oxygen atoms in total. The molecule has 4 N–H and O–H groups in total. The molecule has 2 heterocycles. The summed E-state index contributed by atoms with van der Waals surface area (Å²) < 4.78 is 13.7. The minimum Gasteiger partial charge on any atom is -0.393 e. The average Bonchev–Trinajstić information content (AvgIpc) is 2.46. The molecule has 0 unspecified atom stereocenters. The number of hydrogen-bond acceptors (Lipinski definition) is 6. The minimum absolute atomic E-state index is 0.172. The number of nitrogens with two attached hydrogens (primary N) is 1. The standard InChI is InChI=1S/C13H16FN5O/c14-10-6-16-12(15)9-5-17-13(19-11(9)10)18-7-1-3-8(20)4-2-7/h5-8,20H,1-4H2,(H2,15,16)(H,17,18,19). The van der Waals surface area contributed by atoms with Gasteiger partial charge in [0, 0.05) is 12.2 Å². The van der Waals surface area contributed by atoms with Crippen LogP contribution in [0.3, 0.4) is 0 Å². The number of nitrogens with zero attached hydrogens (tertiary/aromatic N) is 3. The van der Waals surface area contributed by atoms with Gasteiger partial charge in [-0.2, -0.15) is 0 Å². The Morgan fingerprint density at radius 3 is 2.70 bits per heavy atom. The lowest BCUT2D eigenvalue weighted by Gasteiger charge is -2.26. The first kappa shape index (κ1) is 13.0. The number of pyridine rings is 1. The molecule has 20 heavy (non-hydrogen) atoms. The van der Waals surface area contributed by atoms with Gasteiger partial charge in [0.1, 0.15) is 11.3 Å². The fourth-order valence-corrected chi connectivity index (χ4v) is 2.48. The number of aliphatic hydroxyl groups is 1. The molecule has 0 atom stereocenters. The van der Waals surface area contributed by atoms with Crippen LogP contribution in [0, 0.1) is 5.82 Å². The highest BCUT2D eigenvalue weighted by Crippen LogP contribution is 2.23. The average molecular weight is 277 g/mol. The Balaban J connectivity index is 1.84. The fourth-order valence-electron chi connectivity index (χ4n) is 2.48. The zero-order valence-electron chi connectivity index (χ0n) is 10.9. The highest BCUT2D eigenvalue weighted by Gasteiger charge is 2.20. The predicted molar refractivity (Wildman–Crippen MR) is 73.6 cm³/mol. The topological polar surface area (TPSA) is 97.0 Å². The van der Waals surface area contributed by atoms with Gasteiger partial charge in [-0.15, -0.1) is 0 Å². The van der Waals surface area contributed by atoms with Crippen LogP contribution in [-0.2, 0) is 0 Å². The van der Waals surface area contributed by atoms with E-state index >= 15 is 0 Å². The van der Waals surface area contributed by atoms with Crippen molar-refractivity contribution in [1.29, 1.82) is 0 Å². The van der Waals surface area contributed by atoms with Gasteiger partial charge in [0.15, 0.2) is 5.82 Å². The summed E-state index contributed by atoms with van der Waals surface area (Å²) in [7, 11) is 0. The van der Waals surface area contributed by atoms with Crippen molar-refractivity contribution in [2.45, 2.75) is 37.8 Å². The third kappa shape index (κ3) is 2.49. The van der Waals surface area contributed by atoms with Crippen LogP contribution < -0.4 is 11.1 Å². The Hall–Kier alpha value is -2.02. The summed E-state index contributed by atoms with van der Waals surface area (Å²) in [6.07, 6.45) is 5.55. The number of aromatic nitrogens is 3. The largest absolute Gasteiger partial charge is 0.393 e. The van der Waals surface area contributed by atoms with E-state index in [4.69, 9.17) is 5.73 Å². The van der Waals surface area contributed by atoms with Gasteiger partial charge in [0.05, 0.1) is 17.7 Å². The lowest BCUT2D eigenvalue weighted by atomic mass is 9.93. The van der Waals surface area contributed by atoms with E-state index in [2.05, 4.69) is 20.3 Å². The third-order valence-electron chi connectivity index (χ3n) is 3.64. The first-order chi connectivity index (χ1) is 9.63. The highest BCUT2D eigenvalue weighted by molar-refractivity contribution is 5.88. The molecule has 0 bridgehead atoms. The van der Waals surface area contributed by atoms with Crippen LogP contribution in [0.4, 0.5) is 16.2 Å². The monoisotopic (exact) mass is 277 g/mol.